The Bertz CT molecular complexity index is 1230. The number of hydrogen-bond acceptors (Lipinski definition) is 6. The highest BCUT2D eigenvalue weighted by Crippen LogP contribution is 2.16. The Hall–Kier alpha value is -2.89. The van der Waals surface area contributed by atoms with Gasteiger partial charge in [0.1, 0.15) is 13.2 Å². The van der Waals surface area contributed by atoms with Gasteiger partial charge in [0.25, 0.3) is 0 Å². The van der Waals surface area contributed by atoms with Crippen LogP contribution < -0.4 is 0 Å². The van der Waals surface area contributed by atoms with Gasteiger partial charge in [-0.3, -0.25) is 14.4 Å². The van der Waals surface area contributed by atoms with Gasteiger partial charge in [0, 0.05) is 19.3 Å². The van der Waals surface area contributed by atoms with E-state index in [1.54, 1.807) is 0 Å². The summed E-state index contributed by atoms with van der Waals surface area (Å²) < 4.78 is 16.8. The number of hydrogen-bond donors (Lipinski definition) is 0. The monoisotopic (exact) mass is 951 g/mol. The Kier molecular flexibility index (Phi) is 54.3. The molecule has 1 unspecified atom stereocenters. The lowest BCUT2D eigenvalue weighted by Crippen LogP contribution is -2.30. The second kappa shape index (κ2) is 56.7. The second-order valence-corrected chi connectivity index (χ2v) is 19.5. The summed E-state index contributed by atoms with van der Waals surface area (Å²) in [7, 11) is 0. The molecule has 0 aliphatic carbocycles. The normalized spacial score (nSPS) is 12.5. The van der Waals surface area contributed by atoms with Crippen LogP contribution in [0.25, 0.3) is 0 Å². The molecule has 0 amide bonds. The largest absolute Gasteiger partial charge is 0.462 e. The van der Waals surface area contributed by atoms with E-state index in [2.05, 4.69) is 81.5 Å². The molecule has 6 nitrogen and oxygen atoms in total. The van der Waals surface area contributed by atoms with Crippen LogP contribution >= 0.6 is 0 Å². The standard InChI is InChI=1S/C62H110O6/c1-4-7-10-13-16-19-21-23-25-27-29-31-33-35-37-39-41-43-46-49-52-55-61(64)67-58-59(57-66-60(63)54-51-48-45-18-15-12-9-6-3)68-62(65)56-53-50-47-44-42-40-38-36-34-32-30-28-26-24-22-20-17-14-11-8-5-2/h7,10,16,19,23,25,28-31,59H,4-6,8-9,11-15,17-18,20-22,24,26-27,32-58H2,1-3H3/b10-7-,19-16-,25-23-,30-28-,31-29-. The first-order valence-corrected chi connectivity index (χ1v) is 29.3. The smallest absolute Gasteiger partial charge is 0.306 e. The summed E-state index contributed by atoms with van der Waals surface area (Å²) in [6.45, 7) is 6.52. The van der Waals surface area contributed by atoms with E-state index in [0.29, 0.717) is 19.3 Å². The van der Waals surface area contributed by atoms with Gasteiger partial charge in [-0.2, -0.15) is 0 Å². The third-order valence-corrected chi connectivity index (χ3v) is 12.8. The molecule has 0 spiro atoms. The van der Waals surface area contributed by atoms with Crippen LogP contribution in [0.5, 0.6) is 0 Å². The van der Waals surface area contributed by atoms with Crippen molar-refractivity contribution in [3.05, 3.63) is 60.8 Å². The molecule has 0 aliphatic heterocycles. The van der Waals surface area contributed by atoms with Crippen molar-refractivity contribution in [3.63, 3.8) is 0 Å². The summed E-state index contributed by atoms with van der Waals surface area (Å²) in [6.07, 6.45) is 70.8. The Morgan fingerprint density at radius 1 is 0.309 bits per heavy atom. The zero-order valence-electron chi connectivity index (χ0n) is 45.1. The van der Waals surface area contributed by atoms with Crippen molar-refractivity contribution in [2.45, 2.75) is 303 Å². The molecule has 0 bridgehead atoms. The summed E-state index contributed by atoms with van der Waals surface area (Å²) >= 11 is 0. The average Bonchev–Trinajstić information content (AvgIpc) is 3.34. The molecule has 0 rings (SSSR count). The van der Waals surface area contributed by atoms with Crippen LogP contribution in [-0.2, 0) is 28.6 Å². The van der Waals surface area contributed by atoms with Gasteiger partial charge in [0.15, 0.2) is 6.10 Å². The van der Waals surface area contributed by atoms with Crippen molar-refractivity contribution in [2.75, 3.05) is 13.2 Å². The fourth-order valence-electron chi connectivity index (χ4n) is 8.37. The molecule has 6 heteroatoms. The second-order valence-electron chi connectivity index (χ2n) is 19.5. The predicted molar refractivity (Wildman–Crippen MR) is 293 cm³/mol. The Labute approximate surface area is 421 Å². The van der Waals surface area contributed by atoms with Crippen LogP contribution in [0.15, 0.2) is 60.8 Å². The van der Waals surface area contributed by atoms with Gasteiger partial charge in [-0.25, -0.2) is 0 Å². The zero-order chi connectivity index (χ0) is 49.3. The van der Waals surface area contributed by atoms with Crippen molar-refractivity contribution in [1.82, 2.24) is 0 Å². The van der Waals surface area contributed by atoms with E-state index < -0.39 is 6.10 Å². The predicted octanol–water partition coefficient (Wildman–Crippen LogP) is 19.6. The Morgan fingerprint density at radius 2 is 0.574 bits per heavy atom. The van der Waals surface area contributed by atoms with E-state index >= 15 is 0 Å². The van der Waals surface area contributed by atoms with Crippen LogP contribution in [0.4, 0.5) is 0 Å². The first-order chi connectivity index (χ1) is 33.5. The first kappa shape index (κ1) is 65.1. The van der Waals surface area contributed by atoms with E-state index in [1.807, 2.05) is 0 Å². The fourth-order valence-corrected chi connectivity index (χ4v) is 8.37. The molecule has 0 aromatic heterocycles. The minimum atomic E-state index is -0.776. The molecule has 0 saturated carbocycles. The molecular weight excluding hydrogens is 841 g/mol. The summed E-state index contributed by atoms with van der Waals surface area (Å²) in [4.78, 5) is 38.0. The van der Waals surface area contributed by atoms with Gasteiger partial charge in [-0.05, 0) is 83.5 Å². The molecule has 0 heterocycles. The number of rotatable bonds is 53. The van der Waals surface area contributed by atoms with Gasteiger partial charge < -0.3 is 14.2 Å². The minimum Gasteiger partial charge on any atom is -0.462 e. The molecule has 1 atom stereocenters. The lowest BCUT2D eigenvalue weighted by Gasteiger charge is -2.18. The number of allylic oxidation sites excluding steroid dienone is 10. The maximum Gasteiger partial charge on any atom is 0.306 e. The van der Waals surface area contributed by atoms with Crippen molar-refractivity contribution in [3.8, 4) is 0 Å². The summed E-state index contributed by atoms with van der Waals surface area (Å²) in [6, 6.07) is 0. The highest BCUT2D eigenvalue weighted by molar-refractivity contribution is 5.71. The molecule has 394 valence electrons. The summed E-state index contributed by atoms with van der Waals surface area (Å²) in [5.41, 5.74) is 0. The van der Waals surface area contributed by atoms with E-state index in [-0.39, 0.29) is 31.1 Å². The maximum absolute atomic E-state index is 12.8. The van der Waals surface area contributed by atoms with Crippen molar-refractivity contribution >= 4 is 17.9 Å². The Balaban J connectivity index is 4.23. The molecule has 0 fully saturated rings. The fraction of sp³-hybridized carbons (Fsp3) is 0.790. The van der Waals surface area contributed by atoms with Crippen LogP contribution in [-0.4, -0.2) is 37.2 Å². The van der Waals surface area contributed by atoms with Crippen LogP contribution in [0, 0.1) is 0 Å². The third-order valence-electron chi connectivity index (χ3n) is 12.8. The number of unbranched alkanes of at least 4 members (excludes halogenated alkanes) is 32. The molecule has 0 aromatic rings. The number of carbonyl (C=O) groups excluding carboxylic acids is 3. The highest BCUT2D eigenvalue weighted by atomic mass is 16.6. The number of esters is 3. The molecule has 0 aliphatic rings. The van der Waals surface area contributed by atoms with E-state index in [9.17, 15) is 14.4 Å². The molecule has 0 N–H and O–H groups in total. The van der Waals surface area contributed by atoms with E-state index in [1.165, 1.54) is 167 Å². The quantitative estimate of drug-likeness (QED) is 0.0262. The molecule has 0 aromatic carbocycles. The molecule has 68 heavy (non-hydrogen) atoms. The number of carbonyl (C=O) groups is 3. The van der Waals surface area contributed by atoms with Gasteiger partial charge in [0.2, 0.25) is 0 Å². The lowest BCUT2D eigenvalue weighted by atomic mass is 10.1. The molecule has 0 radical (unpaired) electrons. The SMILES string of the molecule is CC/C=C\C/C=C\C/C=C\C/C=C\CCCCCCCCCCC(=O)OCC(COC(=O)CCCCCCCCCC)OC(=O)CCCCCCCCCCC/C=C\CCCCCCCCCC. The first-order valence-electron chi connectivity index (χ1n) is 29.3. The highest BCUT2D eigenvalue weighted by Gasteiger charge is 2.19. The molecular formula is C62H110O6. The maximum atomic E-state index is 12.8. The van der Waals surface area contributed by atoms with Crippen molar-refractivity contribution in [1.29, 1.82) is 0 Å². The topological polar surface area (TPSA) is 78.9 Å². The van der Waals surface area contributed by atoms with Gasteiger partial charge in [-0.1, -0.05) is 255 Å². The van der Waals surface area contributed by atoms with Gasteiger partial charge in [0.05, 0.1) is 0 Å². The van der Waals surface area contributed by atoms with Crippen LogP contribution in [0.2, 0.25) is 0 Å². The van der Waals surface area contributed by atoms with Crippen molar-refractivity contribution < 1.29 is 28.6 Å². The number of ether oxygens (including phenoxy) is 3. The van der Waals surface area contributed by atoms with Gasteiger partial charge >= 0.3 is 17.9 Å². The van der Waals surface area contributed by atoms with E-state index in [4.69, 9.17) is 14.2 Å². The minimum absolute atomic E-state index is 0.0755. The van der Waals surface area contributed by atoms with Crippen LogP contribution in [0.1, 0.15) is 297 Å². The Morgan fingerprint density at radius 3 is 0.912 bits per heavy atom. The third kappa shape index (κ3) is 54.1. The zero-order valence-corrected chi connectivity index (χ0v) is 45.1. The van der Waals surface area contributed by atoms with Gasteiger partial charge in [-0.15, -0.1) is 0 Å². The summed E-state index contributed by atoms with van der Waals surface area (Å²) in [5.74, 6) is -0.879. The summed E-state index contributed by atoms with van der Waals surface area (Å²) in [5, 5.41) is 0. The van der Waals surface area contributed by atoms with Crippen LogP contribution in [0.3, 0.4) is 0 Å². The average molecular weight is 952 g/mol. The molecule has 0 saturated heterocycles. The van der Waals surface area contributed by atoms with E-state index in [0.717, 1.165) is 89.9 Å². The lowest BCUT2D eigenvalue weighted by molar-refractivity contribution is -0.167. The van der Waals surface area contributed by atoms with Crippen molar-refractivity contribution in [2.24, 2.45) is 0 Å².